The first-order valence-corrected chi connectivity index (χ1v) is 9.82. The maximum absolute atomic E-state index is 12.5. The minimum Gasteiger partial charge on any atom is -0.484 e. The van der Waals surface area contributed by atoms with Gasteiger partial charge in [0.15, 0.2) is 6.61 Å². The zero-order chi connectivity index (χ0) is 20.1. The Balaban J connectivity index is 2.23. The van der Waals surface area contributed by atoms with Gasteiger partial charge in [-0.05, 0) is 53.0 Å². The molecule has 27 heavy (non-hydrogen) atoms. The number of anilines is 1. The number of nitrogens with one attached hydrogen (secondary N) is 1. The third-order valence-electron chi connectivity index (χ3n) is 5.69. The summed E-state index contributed by atoms with van der Waals surface area (Å²) in [6, 6.07) is 15.8. The van der Waals surface area contributed by atoms with E-state index in [1.54, 1.807) is 0 Å². The van der Waals surface area contributed by atoms with Gasteiger partial charge < -0.3 is 10.1 Å². The van der Waals surface area contributed by atoms with E-state index in [1.807, 2.05) is 36.4 Å². The number of hydrogen-bond donors (Lipinski definition) is 1. The van der Waals surface area contributed by atoms with Gasteiger partial charge in [-0.1, -0.05) is 71.9 Å². The lowest BCUT2D eigenvalue weighted by molar-refractivity contribution is -0.118. The molecule has 0 atom stereocenters. The van der Waals surface area contributed by atoms with Gasteiger partial charge in [0.05, 0.1) is 0 Å². The van der Waals surface area contributed by atoms with Crippen LogP contribution in [-0.2, 0) is 15.6 Å². The highest BCUT2D eigenvalue weighted by atomic mass is 16.5. The predicted octanol–water partition coefficient (Wildman–Crippen LogP) is 6.08. The molecule has 0 aliphatic rings. The number of rotatable bonds is 8. The number of carbonyl (C=O) groups is 1. The molecule has 1 amide bonds. The molecule has 0 fully saturated rings. The van der Waals surface area contributed by atoms with E-state index in [0.717, 1.165) is 18.5 Å². The molecule has 0 bridgehead atoms. The number of hydrogen-bond acceptors (Lipinski definition) is 2. The summed E-state index contributed by atoms with van der Waals surface area (Å²) in [7, 11) is 0. The zero-order valence-electron chi connectivity index (χ0n) is 17.6. The van der Waals surface area contributed by atoms with E-state index in [9.17, 15) is 4.79 Å². The van der Waals surface area contributed by atoms with Crippen molar-refractivity contribution >= 4 is 11.6 Å². The van der Waals surface area contributed by atoms with Crippen molar-refractivity contribution in [3.05, 3.63) is 59.7 Å². The molecule has 0 aliphatic carbocycles. The quantitative estimate of drug-likeness (QED) is 0.614. The summed E-state index contributed by atoms with van der Waals surface area (Å²) in [5.41, 5.74) is 3.44. The highest BCUT2D eigenvalue weighted by Crippen LogP contribution is 2.37. The summed E-state index contributed by atoms with van der Waals surface area (Å²) in [6.45, 7) is 13.4. The Morgan fingerprint density at radius 3 is 2.15 bits per heavy atom. The second-order valence-electron chi connectivity index (χ2n) is 8.39. The summed E-state index contributed by atoms with van der Waals surface area (Å²) in [4.78, 5) is 12.5. The largest absolute Gasteiger partial charge is 0.484 e. The minimum atomic E-state index is -0.144. The molecule has 146 valence electrons. The van der Waals surface area contributed by atoms with E-state index in [-0.39, 0.29) is 23.3 Å². The van der Waals surface area contributed by atoms with Crippen molar-refractivity contribution in [1.29, 1.82) is 0 Å². The maximum atomic E-state index is 12.5. The van der Waals surface area contributed by atoms with Gasteiger partial charge in [-0.15, -0.1) is 0 Å². The van der Waals surface area contributed by atoms with Crippen LogP contribution < -0.4 is 10.1 Å². The zero-order valence-corrected chi connectivity index (χ0v) is 17.6. The van der Waals surface area contributed by atoms with E-state index in [2.05, 4.69) is 59.0 Å². The first kappa shape index (κ1) is 21.0. The number of carbonyl (C=O) groups excluding carboxylic acids is 1. The van der Waals surface area contributed by atoms with Crippen molar-refractivity contribution in [2.24, 2.45) is 0 Å². The molecule has 0 radical (unpaired) electrons. The fourth-order valence-corrected chi connectivity index (χ4v) is 2.88. The van der Waals surface area contributed by atoms with Gasteiger partial charge >= 0.3 is 0 Å². The average molecular weight is 368 g/mol. The number of amides is 1. The van der Waals surface area contributed by atoms with Crippen LogP contribution in [0.2, 0.25) is 0 Å². The molecule has 0 heterocycles. The van der Waals surface area contributed by atoms with Crippen LogP contribution >= 0.6 is 0 Å². The van der Waals surface area contributed by atoms with E-state index in [1.165, 1.54) is 11.1 Å². The molecule has 2 aromatic carbocycles. The Hall–Kier alpha value is -2.29. The summed E-state index contributed by atoms with van der Waals surface area (Å²) in [5, 5.41) is 3.05. The Morgan fingerprint density at radius 2 is 1.56 bits per heavy atom. The van der Waals surface area contributed by atoms with Crippen LogP contribution in [0.3, 0.4) is 0 Å². The summed E-state index contributed by atoms with van der Waals surface area (Å²) in [5.74, 6) is 0.552. The van der Waals surface area contributed by atoms with E-state index in [0.29, 0.717) is 5.75 Å². The highest BCUT2D eigenvalue weighted by molar-refractivity contribution is 5.93. The third-order valence-corrected chi connectivity index (χ3v) is 5.69. The number of para-hydroxylation sites is 1. The van der Waals surface area contributed by atoms with Crippen LogP contribution in [0.5, 0.6) is 5.75 Å². The van der Waals surface area contributed by atoms with Crippen molar-refractivity contribution < 1.29 is 9.53 Å². The van der Waals surface area contributed by atoms with Crippen molar-refractivity contribution in [3.63, 3.8) is 0 Å². The Morgan fingerprint density at radius 1 is 0.926 bits per heavy atom. The maximum Gasteiger partial charge on any atom is 0.262 e. The smallest absolute Gasteiger partial charge is 0.262 e. The standard InChI is InChI=1S/C24H33NO2/c1-7-23(3,4)18-14-15-21(20(16-18)24(5,6)8-2)25-22(26)17-27-19-12-10-9-11-13-19/h9-16H,7-8,17H2,1-6H3,(H,25,26). The molecule has 3 heteroatoms. The molecule has 0 unspecified atom stereocenters. The van der Waals surface area contributed by atoms with Crippen molar-refractivity contribution in [2.75, 3.05) is 11.9 Å². The Bertz CT molecular complexity index is 763. The summed E-state index contributed by atoms with van der Waals surface area (Å²) >= 11 is 0. The Labute approximate surface area is 164 Å². The van der Waals surface area contributed by atoms with Crippen LogP contribution in [0.25, 0.3) is 0 Å². The van der Waals surface area contributed by atoms with Gasteiger partial charge in [-0.25, -0.2) is 0 Å². The van der Waals surface area contributed by atoms with E-state index < -0.39 is 0 Å². The van der Waals surface area contributed by atoms with Crippen LogP contribution in [0.15, 0.2) is 48.5 Å². The van der Waals surface area contributed by atoms with Gasteiger partial charge in [-0.2, -0.15) is 0 Å². The van der Waals surface area contributed by atoms with E-state index in [4.69, 9.17) is 4.74 Å². The summed E-state index contributed by atoms with van der Waals surface area (Å²) < 4.78 is 5.58. The normalized spacial score (nSPS) is 11.9. The van der Waals surface area contributed by atoms with Crippen LogP contribution in [0.1, 0.15) is 65.5 Å². The molecule has 0 aromatic heterocycles. The fourth-order valence-electron chi connectivity index (χ4n) is 2.88. The van der Waals surface area contributed by atoms with Gasteiger partial charge in [-0.3, -0.25) is 4.79 Å². The molecule has 0 spiro atoms. The van der Waals surface area contributed by atoms with Crippen LogP contribution in [0, 0.1) is 0 Å². The minimum absolute atomic E-state index is 0.00177. The molecule has 2 rings (SSSR count). The molecule has 1 N–H and O–H groups in total. The first-order valence-electron chi connectivity index (χ1n) is 9.82. The third kappa shape index (κ3) is 5.35. The lowest BCUT2D eigenvalue weighted by atomic mass is 9.76. The predicted molar refractivity (Wildman–Crippen MR) is 114 cm³/mol. The van der Waals surface area contributed by atoms with Gasteiger partial charge in [0.1, 0.15) is 5.75 Å². The highest BCUT2D eigenvalue weighted by Gasteiger charge is 2.26. The first-order chi connectivity index (χ1) is 12.7. The van der Waals surface area contributed by atoms with Crippen LogP contribution in [0.4, 0.5) is 5.69 Å². The summed E-state index contributed by atoms with van der Waals surface area (Å²) in [6.07, 6.45) is 2.06. The molecule has 2 aromatic rings. The molecule has 3 nitrogen and oxygen atoms in total. The lowest BCUT2D eigenvalue weighted by Gasteiger charge is -2.30. The van der Waals surface area contributed by atoms with Gasteiger partial charge in [0.2, 0.25) is 0 Å². The average Bonchev–Trinajstić information content (AvgIpc) is 2.67. The molecule has 0 saturated heterocycles. The van der Waals surface area contributed by atoms with Crippen molar-refractivity contribution in [2.45, 2.75) is 65.2 Å². The van der Waals surface area contributed by atoms with Gasteiger partial charge in [0, 0.05) is 5.69 Å². The number of benzene rings is 2. The van der Waals surface area contributed by atoms with Crippen molar-refractivity contribution in [3.8, 4) is 5.75 Å². The molecular weight excluding hydrogens is 334 g/mol. The molecule has 0 saturated carbocycles. The fraction of sp³-hybridized carbons (Fsp3) is 0.458. The van der Waals surface area contributed by atoms with Gasteiger partial charge in [0.25, 0.3) is 5.91 Å². The topological polar surface area (TPSA) is 38.3 Å². The monoisotopic (exact) mass is 367 g/mol. The molecular formula is C24H33NO2. The van der Waals surface area contributed by atoms with E-state index >= 15 is 0 Å². The second-order valence-corrected chi connectivity index (χ2v) is 8.39. The second kappa shape index (κ2) is 8.60. The molecule has 0 aliphatic heterocycles. The number of ether oxygens (including phenoxy) is 1. The lowest BCUT2D eigenvalue weighted by Crippen LogP contribution is -2.25. The van der Waals surface area contributed by atoms with Crippen LogP contribution in [-0.4, -0.2) is 12.5 Å². The SMILES string of the molecule is CCC(C)(C)c1ccc(NC(=O)COc2ccccc2)c(C(C)(C)CC)c1. The Kier molecular flexibility index (Phi) is 6.69. The van der Waals surface area contributed by atoms with Crippen molar-refractivity contribution in [1.82, 2.24) is 0 Å².